The van der Waals surface area contributed by atoms with Gasteiger partial charge in [0.2, 0.25) is 0 Å². The van der Waals surface area contributed by atoms with Crippen molar-refractivity contribution in [2.45, 2.75) is 25.8 Å². The maximum absolute atomic E-state index is 12.4. The molecule has 2 heterocycles. The Bertz CT molecular complexity index is 634. The molecule has 0 radical (unpaired) electrons. The summed E-state index contributed by atoms with van der Waals surface area (Å²) >= 11 is 0. The third kappa shape index (κ3) is 2.27. The summed E-state index contributed by atoms with van der Waals surface area (Å²) in [6, 6.07) is 9.51. The topological polar surface area (TPSA) is 64.2 Å². The van der Waals surface area contributed by atoms with E-state index in [0.717, 1.165) is 25.1 Å². The minimum atomic E-state index is 0.0117. The van der Waals surface area contributed by atoms with E-state index < -0.39 is 0 Å². The number of nitrogen functional groups attached to an aromatic ring is 1. The maximum Gasteiger partial charge on any atom is 0.274 e. The molecule has 1 unspecified atom stereocenters. The van der Waals surface area contributed by atoms with E-state index in [1.165, 1.54) is 0 Å². The largest absolute Gasteiger partial charge is 0.399 e. The number of hydrogen-bond donors (Lipinski definition) is 1. The number of aromatic nitrogens is 2. The molecule has 1 saturated heterocycles. The molecule has 0 spiro atoms. The summed E-state index contributed by atoms with van der Waals surface area (Å²) in [5.74, 6) is 0.0117. The fourth-order valence-corrected chi connectivity index (χ4v) is 2.63. The quantitative estimate of drug-likeness (QED) is 0.850. The first-order chi connectivity index (χ1) is 9.65. The zero-order chi connectivity index (χ0) is 14.1. The lowest BCUT2D eigenvalue weighted by molar-refractivity contribution is 0.0741. The fraction of sp³-hybridized carbons (Fsp3) is 0.333. The van der Waals surface area contributed by atoms with E-state index in [-0.39, 0.29) is 5.91 Å². The van der Waals surface area contributed by atoms with Crippen LogP contribution in [-0.2, 0) is 0 Å². The smallest absolute Gasteiger partial charge is 0.274 e. The Morgan fingerprint density at radius 3 is 2.95 bits per heavy atom. The van der Waals surface area contributed by atoms with Gasteiger partial charge in [-0.1, -0.05) is 6.07 Å². The molecule has 1 aromatic heterocycles. The average Bonchev–Trinajstić information content (AvgIpc) is 3.07. The number of amides is 1. The molecular formula is C15H18N4O. The van der Waals surface area contributed by atoms with E-state index in [9.17, 15) is 4.79 Å². The molecule has 1 atom stereocenters. The lowest BCUT2D eigenvalue weighted by Crippen LogP contribution is -2.33. The van der Waals surface area contributed by atoms with E-state index in [4.69, 9.17) is 5.73 Å². The number of nitrogens with zero attached hydrogens (tertiary/aromatic N) is 3. The molecule has 2 aromatic rings. The van der Waals surface area contributed by atoms with Crippen molar-refractivity contribution in [3.63, 3.8) is 0 Å². The van der Waals surface area contributed by atoms with Crippen LogP contribution in [0, 0.1) is 0 Å². The minimum absolute atomic E-state index is 0.0117. The number of hydrogen-bond acceptors (Lipinski definition) is 3. The Balaban J connectivity index is 1.85. The van der Waals surface area contributed by atoms with Gasteiger partial charge < -0.3 is 10.6 Å². The van der Waals surface area contributed by atoms with Crippen molar-refractivity contribution < 1.29 is 4.79 Å². The summed E-state index contributed by atoms with van der Waals surface area (Å²) in [6.07, 6.45) is 3.94. The summed E-state index contributed by atoms with van der Waals surface area (Å²) in [5, 5.41) is 4.37. The van der Waals surface area contributed by atoms with Crippen molar-refractivity contribution in [1.29, 1.82) is 0 Å². The van der Waals surface area contributed by atoms with E-state index in [1.807, 2.05) is 29.2 Å². The van der Waals surface area contributed by atoms with Crippen molar-refractivity contribution in [2.75, 3.05) is 12.3 Å². The lowest BCUT2D eigenvalue weighted by Gasteiger charge is -2.19. The Hall–Kier alpha value is -2.30. The molecule has 0 aliphatic carbocycles. The maximum atomic E-state index is 12.4. The van der Waals surface area contributed by atoms with E-state index >= 15 is 0 Å². The highest BCUT2D eigenvalue weighted by molar-refractivity contribution is 5.92. The van der Waals surface area contributed by atoms with E-state index in [0.29, 0.717) is 17.4 Å². The number of likely N-dealkylation sites (tertiary alicyclic amines) is 1. The Morgan fingerprint density at radius 2 is 2.25 bits per heavy atom. The fourth-order valence-electron chi connectivity index (χ4n) is 2.63. The van der Waals surface area contributed by atoms with Gasteiger partial charge in [-0.2, -0.15) is 5.10 Å². The van der Waals surface area contributed by atoms with Gasteiger partial charge in [0, 0.05) is 24.5 Å². The number of anilines is 1. The second kappa shape index (κ2) is 5.00. The molecule has 5 nitrogen and oxygen atoms in total. The average molecular weight is 270 g/mol. The molecular weight excluding hydrogens is 252 g/mol. The molecule has 5 heteroatoms. The van der Waals surface area contributed by atoms with Gasteiger partial charge in [-0.3, -0.25) is 4.79 Å². The second-order valence-corrected chi connectivity index (χ2v) is 5.23. The van der Waals surface area contributed by atoms with E-state index in [1.54, 1.807) is 16.9 Å². The molecule has 2 N–H and O–H groups in total. The van der Waals surface area contributed by atoms with Crippen LogP contribution >= 0.6 is 0 Å². The molecule has 1 aliphatic heterocycles. The lowest BCUT2D eigenvalue weighted by atomic mass is 10.2. The molecule has 0 saturated carbocycles. The van der Waals surface area contributed by atoms with Crippen LogP contribution in [0.25, 0.3) is 5.69 Å². The van der Waals surface area contributed by atoms with Crippen molar-refractivity contribution in [1.82, 2.24) is 14.7 Å². The normalized spacial score (nSPS) is 18.4. The van der Waals surface area contributed by atoms with Crippen LogP contribution in [0.2, 0.25) is 0 Å². The van der Waals surface area contributed by atoms with Crippen molar-refractivity contribution in [2.24, 2.45) is 0 Å². The van der Waals surface area contributed by atoms with Gasteiger partial charge in [-0.15, -0.1) is 0 Å². The predicted octanol–water partition coefficient (Wildman–Crippen LogP) is 2.08. The molecule has 1 aromatic carbocycles. The molecule has 1 fully saturated rings. The van der Waals surface area contributed by atoms with Gasteiger partial charge in [-0.05, 0) is 44.0 Å². The minimum Gasteiger partial charge on any atom is -0.399 e. The summed E-state index contributed by atoms with van der Waals surface area (Å²) < 4.78 is 1.68. The Morgan fingerprint density at radius 1 is 1.40 bits per heavy atom. The highest BCUT2D eigenvalue weighted by atomic mass is 16.2. The van der Waals surface area contributed by atoms with E-state index in [2.05, 4.69) is 12.0 Å². The first-order valence-electron chi connectivity index (χ1n) is 6.88. The highest BCUT2D eigenvalue weighted by Crippen LogP contribution is 2.19. The van der Waals surface area contributed by atoms with Crippen LogP contribution in [0.15, 0.2) is 36.5 Å². The third-order valence-electron chi connectivity index (χ3n) is 3.76. The van der Waals surface area contributed by atoms with Crippen molar-refractivity contribution >= 4 is 11.6 Å². The third-order valence-corrected chi connectivity index (χ3v) is 3.76. The predicted molar refractivity (Wildman–Crippen MR) is 77.7 cm³/mol. The van der Waals surface area contributed by atoms with Gasteiger partial charge in [0.15, 0.2) is 5.69 Å². The SMILES string of the molecule is CC1CCCN1C(=O)c1ccn(-c2cccc(N)c2)n1. The molecule has 0 bridgehead atoms. The van der Waals surface area contributed by atoms with Gasteiger partial charge in [-0.25, -0.2) is 4.68 Å². The summed E-state index contributed by atoms with van der Waals surface area (Å²) in [6.45, 7) is 2.91. The highest BCUT2D eigenvalue weighted by Gasteiger charge is 2.27. The zero-order valence-electron chi connectivity index (χ0n) is 11.5. The summed E-state index contributed by atoms with van der Waals surface area (Å²) in [5.41, 5.74) is 7.79. The monoisotopic (exact) mass is 270 g/mol. The molecule has 1 amide bonds. The molecule has 104 valence electrons. The standard InChI is InChI=1S/C15H18N4O/c1-11-4-3-8-18(11)15(20)14-7-9-19(17-14)13-6-2-5-12(16)10-13/h2,5-7,9-11H,3-4,8,16H2,1H3. The first-order valence-corrected chi connectivity index (χ1v) is 6.88. The number of rotatable bonds is 2. The number of carbonyl (C=O) groups is 1. The number of nitrogens with two attached hydrogens (primary N) is 1. The summed E-state index contributed by atoms with van der Waals surface area (Å²) in [7, 11) is 0. The number of carbonyl (C=O) groups excluding carboxylic acids is 1. The second-order valence-electron chi connectivity index (χ2n) is 5.23. The Kier molecular flexibility index (Phi) is 3.18. The zero-order valence-corrected chi connectivity index (χ0v) is 11.5. The van der Waals surface area contributed by atoms with Crippen molar-refractivity contribution in [3.05, 3.63) is 42.2 Å². The molecule has 20 heavy (non-hydrogen) atoms. The first kappa shape index (κ1) is 12.7. The van der Waals surface area contributed by atoms with Crippen LogP contribution in [0.3, 0.4) is 0 Å². The van der Waals surface area contributed by atoms with Gasteiger partial charge in [0.05, 0.1) is 5.69 Å². The Labute approximate surface area is 118 Å². The number of benzene rings is 1. The van der Waals surface area contributed by atoms with Gasteiger partial charge in [0.25, 0.3) is 5.91 Å². The van der Waals surface area contributed by atoms with Crippen LogP contribution in [0.1, 0.15) is 30.3 Å². The summed E-state index contributed by atoms with van der Waals surface area (Å²) in [4.78, 5) is 14.3. The molecule has 3 rings (SSSR count). The van der Waals surface area contributed by atoms with Crippen LogP contribution in [0.4, 0.5) is 5.69 Å². The van der Waals surface area contributed by atoms with Crippen LogP contribution < -0.4 is 5.73 Å². The van der Waals surface area contributed by atoms with Crippen LogP contribution in [0.5, 0.6) is 0 Å². The van der Waals surface area contributed by atoms with Gasteiger partial charge >= 0.3 is 0 Å². The van der Waals surface area contributed by atoms with Crippen molar-refractivity contribution in [3.8, 4) is 5.69 Å². The molecule has 1 aliphatic rings. The van der Waals surface area contributed by atoms with Gasteiger partial charge in [0.1, 0.15) is 0 Å². The van der Waals surface area contributed by atoms with Crippen LogP contribution in [-0.4, -0.2) is 33.2 Å².